The van der Waals surface area contributed by atoms with Crippen molar-refractivity contribution >= 4 is 23.9 Å². The fourth-order valence-corrected chi connectivity index (χ4v) is 5.54. The lowest BCUT2D eigenvalue weighted by Gasteiger charge is -2.30. The lowest BCUT2D eigenvalue weighted by atomic mass is 9.76. The maximum Gasteiger partial charge on any atom is 0.318 e. The van der Waals surface area contributed by atoms with Gasteiger partial charge >= 0.3 is 23.9 Å². The van der Waals surface area contributed by atoms with Gasteiger partial charge in [0.25, 0.3) is 0 Å². The van der Waals surface area contributed by atoms with E-state index in [9.17, 15) is 19.2 Å². The van der Waals surface area contributed by atoms with Crippen LogP contribution in [0.3, 0.4) is 0 Å². The highest BCUT2D eigenvalue weighted by atomic mass is 16.6. The topological polar surface area (TPSA) is 86.7 Å². The van der Waals surface area contributed by atoms with Gasteiger partial charge in [0.05, 0.1) is 22.7 Å². The zero-order valence-corrected chi connectivity index (χ0v) is 27.6. The third-order valence-corrected chi connectivity index (χ3v) is 8.38. The van der Waals surface area contributed by atoms with Crippen molar-refractivity contribution in [2.45, 2.75) is 170 Å². The van der Waals surface area contributed by atoms with Crippen molar-refractivity contribution in [1.29, 1.82) is 0 Å². The molecule has 1 aliphatic rings. The first-order chi connectivity index (χ1) is 19.3. The summed E-state index contributed by atoms with van der Waals surface area (Å²) in [5, 5.41) is 0. The van der Waals surface area contributed by atoms with Crippen LogP contribution in [0.5, 0.6) is 0 Å². The first-order valence-corrected chi connectivity index (χ1v) is 16.8. The van der Waals surface area contributed by atoms with Gasteiger partial charge in [-0.05, 0) is 60.3 Å². The number of rotatable bonds is 18. The Balaban J connectivity index is 2.86. The van der Waals surface area contributed by atoms with Crippen molar-refractivity contribution in [3.05, 3.63) is 0 Å². The third kappa shape index (κ3) is 15.9. The fourth-order valence-electron chi connectivity index (χ4n) is 5.54. The van der Waals surface area contributed by atoms with Crippen LogP contribution in [0.4, 0.5) is 0 Å². The molecule has 238 valence electrons. The summed E-state index contributed by atoms with van der Waals surface area (Å²) in [4.78, 5) is 52.2. The van der Waals surface area contributed by atoms with Gasteiger partial charge in [-0.3, -0.25) is 19.2 Å². The molecule has 6 heteroatoms. The van der Waals surface area contributed by atoms with E-state index in [0.29, 0.717) is 18.8 Å². The predicted octanol–water partition coefficient (Wildman–Crippen LogP) is 9.51. The van der Waals surface area contributed by atoms with E-state index in [1.807, 2.05) is 0 Å². The van der Waals surface area contributed by atoms with Crippen LogP contribution in [0.1, 0.15) is 170 Å². The number of carbonyl (C=O) groups excluding carboxylic acids is 4. The first kappa shape index (κ1) is 37.3. The molecule has 1 rings (SSSR count). The van der Waals surface area contributed by atoms with Crippen molar-refractivity contribution in [1.82, 2.24) is 0 Å². The Kier molecular flexibility index (Phi) is 17.7. The van der Waals surface area contributed by atoms with E-state index in [2.05, 4.69) is 6.92 Å². The summed E-state index contributed by atoms with van der Waals surface area (Å²) in [5.41, 5.74) is -1.67. The van der Waals surface area contributed by atoms with Gasteiger partial charge in [0.2, 0.25) is 0 Å². The predicted molar refractivity (Wildman–Crippen MR) is 165 cm³/mol. The van der Waals surface area contributed by atoms with Crippen molar-refractivity contribution < 1.29 is 28.7 Å². The van der Waals surface area contributed by atoms with Crippen LogP contribution in [-0.4, -0.2) is 23.9 Å². The van der Waals surface area contributed by atoms with E-state index in [1.54, 1.807) is 41.5 Å². The molecule has 6 nitrogen and oxygen atoms in total. The van der Waals surface area contributed by atoms with Crippen LogP contribution in [0, 0.1) is 28.6 Å². The van der Waals surface area contributed by atoms with Gasteiger partial charge in [0.15, 0.2) is 0 Å². The standard InChI is InChI=1S/C35H62O6/c1-8-9-10-11-12-13-14-15-16-17-18-22-25-28(30(36)40-32(38)34(2,3)4)29(26-27-23-20-19-21-24-27)31(37)41-33(39)35(5,6)7/h27-29H,8-26H2,1-7H3. The van der Waals surface area contributed by atoms with Crippen LogP contribution >= 0.6 is 0 Å². The second kappa shape index (κ2) is 19.5. The molecule has 2 atom stereocenters. The van der Waals surface area contributed by atoms with Crippen LogP contribution < -0.4 is 0 Å². The lowest BCUT2D eigenvalue weighted by Crippen LogP contribution is -2.39. The van der Waals surface area contributed by atoms with Gasteiger partial charge in [0.1, 0.15) is 0 Å². The summed E-state index contributed by atoms with van der Waals surface area (Å²) >= 11 is 0. The number of hydrogen-bond acceptors (Lipinski definition) is 6. The molecule has 0 aromatic rings. The Bertz CT molecular complexity index is 781. The van der Waals surface area contributed by atoms with Crippen LogP contribution in [0.15, 0.2) is 0 Å². The van der Waals surface area contributed by atoms with Crippen molar-refractivity contribution in [3.8, 4) is 0 Å². The Morgan fingerprint density at radius 1 is 0.585 bits per heavy atom. The molecule has 1 fully saturated rings. The van der Waals surface area contributed by atoms with Crippen molar-refractivity contribution in [2.75, 3.05) is 0 Å². The number of esters is 4. The second-order valence-electron chi connectivity index (χ2n) is 14.5. The molecule has 0 aliphatic heterocycles. The number of carbonyl (C=O) groups is 4. The highest BCUT2D eigenvalue weighted by molar-refractivity contribution is 5.94. The normalized spacial score (nSPS) is 16.2. The summed E-state index contributed by atoms with van der Waals surface area (Å²) in [7, 11) is 0. The minimum atomic E-state index is -0.836. The van der Waals surface area contributed by atoms with E-state index in [4.69, 9.17) is 9.47 Å². The highest BCUT2D eigenvalue weighted by Gasteiger charge is 2.41. The quantitative estimate of drug-likeness (QED) is 0.0914. The van der Waals surface area contributed by atoms with Crippen LogP contribution in [0.25, 0.3) is 0 Å². The van der Waals surface area contributed by atoms with Gasteiger partial charge < -0.3 is 9.47 Å². The van der Waals surface area contributed by atoms with Crippen molar-refractivity contribution in [3.63, 3.8) is 0 Å². The monoisotopic (exact) mass is 578 g/mol. The molecular weight excluding hydrogens is 516 g/mol. The Labute approximate surface area is 251 Å². The molecule has 0 saturated heterocycles. The second-order valence-corrected chi connectivity index (χ2v) is 14.5. The maximum atomic E-state index is 13.5. The van der Waals surface area contributed by atoms with E-state index >= 15 is 0 Å². The summed E-state index contributed by atoms with van der Waals surface area (Å²) in [6.45, 7) is 12.5. The number of unbranched alkanes of at least 4 members (excludes halogenated alkanes) is 11. The Hall–Kier alpha value is -1.72. The number of hydrogen-bond donors (Lipinski definition) is 0. The molecule has 2 unspecified atom stereocenters. The zero-order valence-electron chi connectivity index (χ0n) is 27.6. The highest BCUT2D eigenvalue weighted by Crippen LogP contribution is 2.35. The lowest BCUT2D eigenvalue weighted by molar-refractivity contribution is -0.177. The zero-order chi connectivity index (χ0) is 30.9. The summed E-state index contributed by atoms with van der Waals surface area (Å²) < 4.78 is 10.7. The average Bonchev–Trinajstić information content (AvgIpc) is 2.89. The molecule has 0 amide bonds. The van der Waals surface area contributed by atoms with Gasteiger partial charge in [-0.1, -0.05) is 116 Å². The average molecular weight is 579 g/mol. The maximum absolute atomic E-state index is 13.5. The van der Waals surface area contributed by atoms with E-state index < -0.39 is 46.5 Å². The smallest absolute Gasteiger partial charge is 0.318 e. The minimum absolute atomic E-state index is 0.293. The largest absolute Gasteiger partial charge is 0.393 e. The third-order valence-electron chi connectivity index (χ3n) is 8.38. The molecule has 1 saturated carbocycles. The molecule has 0 N–H and O–H groups in total. The van der Waals surface area contributed by atoms with E-state index in [0.717, 1.165) is 44.9 Å². The molecule has 41 heavy (non-hydrogen) atoms. The van der Waals surface area contributed by atoms with E-state index in [-0.39, 0.29) is 0 Å². The summed E-state index contributed by atoms with van der Waals surface area (Å²) in [6, 6.07) is 0. The molecule has 0 radical (unpaired) electrons. The van der Waals surface area contributed by atoms with E-state index in [1.165, 1.54) is 64.2 Å². The molecular formula is C35H62O6. The van der Waals surface area contributed by atoms with Crippen LogP contribution in [0.2, 0.25) is 0 Å². The Morgan fingerprint density at radius 3 is 1.39 bits per heavy atom. The van der Waals surface area contributed by atoms with Gasteiger partial charge in [0, 0.05) is 0 Å². The Morgan fingerprint density at radius 2 is 0.976 bits per heavy atom. The van der Waals surface area contributed by atoms with Gasteiger partial charge in [-0.2, -0.15) is 0 Å². The summed E-state index contributed by atoms with van der Waals surface area (Å²) in [5.74, 6) is -3.81. The number of ether oxygens (including phenoxy) is 2. The fraction of sp³-hybridized carbons (Fsp3) is 0.886. The molecule has 0 aromatic carbocycles. The molecule has 0 heterocycles. The van der Waals surface area contributed by atoms with Gasteiger partial charge in [-0.15, -0.1) is 0 Å². The SMILES string of the molecule is CCCCCCCCCCCCCCC(C(=O)OC(=O)C(C)(C)C)C(CC1CCCCC1)C(=O)OC(=O)C(C)(C)C. The minimum Gasteiger partial charge on any atom is -0.393 e. The molecule has 0 spiro atoms. The van der Waals surface area contributed by atoms with Gasteiger partial charge in [-0.25, -0.2) is 0 Å². The molecule has 0 aromatic heterocycles. The summed E-state index contributed by atoms with van der Waals surface area (Å²) in [6.07, 6.45) is 20.7. The van der Waals surface area contributed by atoms with Crippen molar-refractivity contribution in [2.24, 2.45) is 28.6 Å². The molecule has 1 aliphatic carbocycles. The molecule has 0 bridgehead atoms. The first-order valence-electron chi connectivity index (χ1n) is 16.8. The van der Waals surface area contributed by atoms with Crippen LogP contribution in [-0.2, 0) is 28.7 Å².